The molecule has 6 heteroatoms. The molecule has 1 aromatic carbocycles. The van der Waals surface area contributed by atoms with Crippen molar-refractivity contribution in [1.29, 1.82) is 0 Å². The predicted octanol–water partition coefficient (Wildman–Crippen LogP) is 4.73. The van der Waals surface area contributed by atoms with E-state index in [0.717, 1.165) is 12.1 Å². The van der Waals surface area contributed by atoms with Gasteiger partial charge in [0, 0.05) is 4.47 Å². The maximum Gasteiger partial charge on any atom is 0.426 e. The number of rotatable bonds is 1. The van der Waals surface area contributed by atoms with E-state index in [4.69, 9.17) is 11.6 Å². The largest absolute Gasteiger partial charge is 0.426 e. The van der Waals surface area contributed by atoms with Gasteiger partial charge in [-0.3, -0.25) is 0 Å². The van der Waals surface area contributed by atoms with Crippen LogP contribution >= 0.6 is 27.5 Å². The van der Waals surface area contributed by atoms with Gasteiger partial charge in [-0.05, 0) is 29.8 Å². The maximum absolute atomic E-state index is 12.7. The first kappa shape index (κ1) is 12.5. The van der Waals surface area contributed by atoms with Crippen molar-refractivity contribution in [1.82, 2.24) is 0 Å². The highest BCUT2D eigenvalue weighted by Gasteiger charge is 2.32. The number of allylic oxidation sites excluding steroid dienone is 1. The molecule has 0 amide bonds. The van der Waals surface area contributed by atoms with Crippen LogP contribution < -0.4 is 0 Å². The average Bonchev–Trinajstić information content (AvgIpc) is 2.09. The lowest BCUT2D eigenvalue weighted by atomic mass is 10.2. The van der Waals surface area contributed by atoms with Crippen molar-refractivity contribution < 1.29 is 17.6 Å². The molecule has 0 radical (unpaired) electrons. The lowest BCUT2D eigenvalue weighted by Gasteiger charge is -2.05. The van der Waals surface area contributed by atoms with E-state index in [2.05, 4.69) is 15.9 Å². The third-order valence-corrected chi connectivity index (χ3v) is 2.56. The van der Waals surface area contributed by atoms with E-state index in [1.54, 1.807) is 0 Å². The van der Waals surface area contributed by atoms with Gasteiger partial charge >= 0.3 is 6.18 Å². The first-order chi connectivity index (χ1) is 6.80. The summed E-state index contributed by atoms with van der Waals surface area (Å²) in [5, 5.41) is -1.30. The second-order valence-electron chi connectivity index (χ2n) is 2.66. The minimum absolute atomic E-state index is 0.0392. The topological polar surface area (TPSA) is 0 Å². The Labute approximate surface area is 96.7 Å². The molecule has 0 aromatic heterocycles. The zero-order valence-electron chi connectivity index (χ0n) is 7.08. The van der Waals surface area contributed by atoms with E-state index in [1.165, 1.54) is 6.07 Å². The van der Waals surface area contributed by atoms with E-state index in [9.17, 15) is 17.6 Å². The van der Waals surface area contributed by atoms with Gasteiger partial charge in [0.05, 0.1) is 0 Å². The standard InChI is InChI=1S/C9H4BrClF4/c10-7-2-1-6(12)3-5(7)4-8(11)9(13,14)15/h1-4H. The predicted molar refractivity (Wildman–Crippen MR) is 54.0 cm³/mol. The molecule has 0 aliphatic heterocycles. The van der Waals surface area contributed by atoms with Crippen molar-refractivity contribution in [2.45, 2.75) is 6.18 Å². The minimum atomic E-state index is -4.62. The summed E-state index contributed by atoms with van der Waals surface area (Å²) in [6.07, 6.45) is -3.96. The molecular formula is C9H4BrClF4. The van der Waals surface area contributed by atoms with Crippen LogP contribution in [0.5, 0.6) is 0 Å². The molecule has 0 aliphatic carbocycles. The molecule has 15 heavy (non-hydrogen) atoms. The van der Waals surface area contributed by atoms with Crippen molar-refractivity contribution in [3.8, 4) is 0 Å². The molecule has 0 nitrogen and oxygen atoms in total. The van der Waals surface area contributed by atoms with E-state index >= 15 is 0 Å². The van der Waals surface area contributed by atoms with Gasteiger partial charge in [-0.25, -0.2) is 4.39 Å². The molecule has 1 aromatic rings. The summed E-state index contributed by atoms with van der Waals surface area (Å²) >= 11 is 8.00. The molecule has 0 saturated heterocycles. The van der Waals surface area contributed by atoms with Crippen LogP contribution in [0.25, 0.3) is 6.08 Å². The first-order valence-corrected chi connectivity index (χ1v) is 4.87. The Hall–Kier alpha value is -0.550. The number of halogens is 6. The number of alkyl halides is 3. The van der Waals surface area contributed by atoms with E-state index in [1.807, 2.05) is 0 Å². The number of benzene rings is 1. The molecule has 0 spiro atoms. The summed E-state index contributed by atoms with van der Waals surface area (Å²) in [5.74, 6) is -0.629. The van der Waals surface area contributed by atoms with Crippen molar-refractivity contribution in [2.75, 3.05) is 0 Å². The maximum atomic E-state index is 12.7. The molecule has 0 aliphatic rings. The van der Waals surface area contributed by atoms with Gasteiger partial charge in [0.1, 0.15) is 10.8 Å². The van der Waals surface area contributed by atoms with Gasteiger partial charge < -0.3 is 0 Å². The van der Waals surface area contributed by atoms with Crippen molar-refractivity contribution in [3.63, 3.8) is 0 Å². The van der Waals surface area contributed by atoms with Crippen LogP contribution in [-0.4, -0.2) is 6.18 Å². The Bertz CT molecular complexity index is 398. The van der Waals surface area contributed by atoms with Gasteiger partial charge in [-0.2, -0.15) is 13.2 Å². The Morgan fingerprint density at radius 2 is 1.93 bits per heavy atom. The van der Waals surface area contributed by atoms with Gasteiger partial charge in [0.2, 0.25) is 0 Å². The monoisotopic (exact) mass is 302 g/mol. The second-order valence-corrected chi connectivity index (χ2v) is 3.92. The Balaban J connectivity index is 3.13. The Kier molecular flexibility index (Phi) is 3.78. The Morgan fingerprint density at radius 3 is 2.47 bits per heavy atom. The minimum Gasteiger partial charge on any atom is -0.207 e. The highest BCUT2D eigenvalue weighted by molar-refractivity contribution is 9.10. The zero-order chi connectivity index (χ0) is 11.6. The fourth-order valence-corrected chi connectivity index (χ4v) is 1.32. The number of hydrogen-bond acceptors (Lipinski definition) is 0. The summed E-state index contributed by atoms with van der Waals surface area (Å²) in [4.78, 5) is 0. The normalized spacial score (nSPS) is 13.1. The van der Waals surface area contributed by atoms with Crippen LogP contribution in [0.15, 0.2) is 27.7 Å². The lowest BCUT2D eigenvalue weighted by molar-refractivity contribution is -0.0836. The van der Waals surface area contributed by atoms with Crippen LogP contribution in [0, 0.1) is 5.82 Å². The summed E-state index contributed by atoms with van der Waals surface area (Å²) < 4.78 is 49.2. The summed E-state index contributed by atoms with van der Waals surface area (Å²) in [6, 6.07) is 3.39. The SMILES string of the molecule is Fc1ccc(Br)c(C=C(Cl)C(F)(F)F)c1. The van der Waals surface area contributed by atoms with Crippen LogP contribution in [0.2, 0.25) is 0 Å². The third kappa shape index (κ3) is 3.50. The molecule has 0 atom stereocenters. The van der Waals surface area contributed by atoms with E-state index in [0.29, 0.717) is 10.5 Å². The molecule has 1 rings (SSSR count). The molecule has 0 N–H and O–H groups in total. The third-order valence-electron chi connectivity index (χ3n) is 1.51. The molecule has 0 unspecified atom stereocenters. The highest BCUT2D eigenvalue weighted by Crippen LogP contribution is 2.32. The molecule has 0 fully saturated rings. The summed E-state index contributed by atoms with van der Waals surface area (Å²) in [5.41, 5.74) is 0.0392. The molecule has 0 heterocycles. The van der Waals surface area contributed by atoms with Gasteiger partial charge in [0.15, 0.2) is 0 Å². The smallest absolute Gasteiger partial charge is 0.207 e. The second kappa shape index (κ2) is 4.53. The van der Waals surface area contributed by atoms with Crippen molar-refractivity contribution in [3.05, 3.63) is 39.1 Å². The zero-order valence-corrected chi connectivity index (χ0v) is 9.42. The molecule has 0 bridgehead atoms. The average molecular weight is 303 g/mol. The fraction of sp³-hybridized carbons (Fsp3) is 0.111. The molecule has 0 saturated carbocycles. The summed E-state index contributed by atoms with van der Waals surface area (Å²) in [7, 11) is 0. The number of hydrogen-bond donors (Lipinski definition) is 0. The van der Waals surface area contributed by atoms with Gasteiger partial charge in [-0.1, -0.05) is 27.5 Å². The van der Waals surface area contributed by atoms with Crippen LogP contribution in [0.1, 0.15) is 5.56 Å². The van der Waals surface area contributed by atoms with Crippen LogP contribution in [-0.2, 0) is 0 Å². The van der Waals surface area contributed by atoms with Gasteiger partial charge in [0.25, 0.3) is 0 Å². The first-order valence-electron chi connectivity index (χ1n) is 3.70. The summed E-state index contributed by atoms with van der Waals surface area (Å²) in [6.45, 7) is 0. The van der Waals surface area contributed by atoms with Crippen LogP contribution in [0.3, 0.4) is 0 Å². The highest BCUT2D eigenvalue weighted by atomic mass is 79.9. The quantitative estimate of drug-likeness (QED) is 0.658. The Morgan fingerprint density at radius 1 is 1.33 bits per heavy atom. The lowest BCUT2D eigenvalue weighted by Crippen LogP contribution is -2.06. The fourth-order valence-electron chi connectivity index (χ4n) is 0.844. The molecule has 82 valence electrons. The van der Waals surface area contributed by atoms with E-state index in [-0.39, 0.29) is 5.56 Å². The van der Waals surface area contributed by atoms with Gasteiger partial charge in [-0.15, -0.1) is 0 Å². The van der Waals surface area contributed by atoms with E-state index < -0.39 is 17.0 Å². The van der Waals surface area contributed by atoms with Crippen LogP contribution in [0.4, 0.5) is 17.6 Å². The molecular weight excluding hydrogens is 299 g/mol. The van der Waals surface area contributed by atoms with Crippen molar-refractivity contribution >= 4 is 33.6 Å². The van der Waals surface area contributed by atoms with Crippen molar-refractivity contribution in [2.24, 2.45) is 0 Å².